The summed E-state index contributed by atoms with van der Waals surface area (Å²) >= 11 is 0. The number of pyridine rings is 1. The summed E-state index contributed by atoms with van der Waals surface area (Å²) in [7, 11) is 0. The maximum Gasteiger partial charge on any atom is 0.224 e. The Kier molecular flexibility index (Phi) is 5.73. The van der Waals surface area contributed by atoms with Gasteiger partial charge in [0.05, 0.1) is 18.6 Å². The molecule has 2 aromatic rings. The van der Waals surface area contributed by atoms with Gasteiger partial charge in [-0.1, -0.05) is 18.2 Å². The molecule has 1 amide bonds. The average Bonchev–Trinajstić information content (AvgIpc) is 2.58. The molecule has 25 heavy (non-hydrogen) atoms. The van der Waals surface area contributed by atoms with Gasteiger partial charge in [-0.2, -0.15) is 0 Å². The van der Waals surface area contributed by atoms with Gasteiger partial charge in [0.2, 0.25) is 5.91 Å². The van der Waals surface area contributed by atoms with Crippen molar-refractivity contribution in [2.24, 2.45) is 0 Å². The number of hydrogen-bond donors (Lipinski definition) is 2. The standard InChI is InChI=1S/C19H22FN3O2/c20-16-5-1-3-14(9-16)10-19(25)22-17-6-8-23(13-18(17)24)12-15-4-2-7-21-11-15/h1-5,7,9,11,17-18,24H,6,8,10,12-13H2,(H,22,25)/t17-,18-/m1/s1. The van der Waals surface area contributed by atoms with E-state index in [2.05, 4.69) is 15.2 Å². The molecule has 132 valence electrons. The maximum absolute atomic E-state index is 13.2. The molecule has 0 unspecified atom stereocenters. The zero-order chi connectivity index (χ0) is 17.6. The molecule has 2 atom stereocenters. The first-order valence-corrected chi connectivity index (χ1v) is 8.43. The van der Waals surface area contributed by atoms with Crippen molar-refractivity contribution in [1.29, 1.82) is 0 Å². The fraction of sp³-hybridized carbons (Fsp3) is 0.368. The molecule has 0 saturated carbocycles. The number of piperidine rings is 1. The van der Waals surface area contributed by atoms with Crippen molar-refractivity contribution in [3.63, 3.8) is 0 Å². The van der Waals surface area contributed by atoms with Gasteiger partial charge in [-0.05, 0) is 35.7 Å². The van der Waals surface area contributed by atoms with Gasteiger partial charge in [0, 0.05) is 32.0 Å². The molecule has 3 rings (SSSR count). The smallest absolute Gasteiger partial charge is 0.224 e. The van der Waals surface area contributed by atoms with Gasteiger partial charge >= 0.3 is 0 Å². The SMILES string of the molecule is O=C(Cc1cccc(F)c1)N[C@@H]1CCN(Cc2cccnc2)C[C@H]1O. The van der Waals surface area contributed by atoms with Crippen LogP contribution in [0.15, 0.2) is 48.8 Å². The van der Waals surface area contributed by atoms with Crippen molar-refractivity contribution in [3.8, 4) is 0 Å². The summed E-state index contributed by atoms with van der Waals surface area (Å²) < 4.78 is 13.2. The highest BCUT2D eigenvalue weighted by Crippen LogP contribution is 2.14. The van der Waals surface area contributed by atoms with E-state index in [1.807, 2.05) is 18.3 Å². The van der Waals surface area contributed by atoms with E-state index >= 15 is 0 Å². The molecule has 1 aromatic carbocycles. The first kappa shape index (κ1) is 17.5. The summed E-state index contributed by atoms with van der Waals surface area (Å²) in [6.45, 7) is 2.02. The summed E-state index contributed by atoms with van der Waals surface area (Å²) in [5.74, 6) is -0.551. The van der Waals surface area contributed by atoms with E-state index in [0.717, 1.165) is 18.7 Å². The fourth-order valence-electron chi connectivity index (χ4n) is 3.15. The molecule has 1 aliphatic rings. The number of nitrogens with one attached hydrogen (secondary N) is 1. The molecule has 2 heterocycles. The van der Waals surface area contributed by atoms with Crippen LogP contribution in [0.4, 0.5) is 4.39 Å². The molecule has 1 aliphatic heterocycles. The topological polar surface area (TPSA) is 65.5 Å². The van der Waals surface area contributed by atoms with E-state index in [4.69, 9.17) is 0 Å². The number of β-amino-alcohol motifs (C(OH)–C–C–N with tert-alkyl or cyclic N) is 1. The molecule has 1 saturated heterocycles. The predicted octanol–water partition coefficient (Wildman–Crippen LogP) is 1.51. The van der Waals surface area contributed by atoms with Crippen LogP contribution in [0.3, 0.4) is 0 Å². The van der Waals surface area contributed by atoms with Gasteiger partial charge < -0.3 is 10.4 Å². The van der Waals surface area contributed by atoms with Crippen molar-refractivity contribution >= 4 is 5.91 Å². The lowest BCUT2D eigenvalue weighted by atomic mass is 10.0. The number of rotatable bonds is 5. The number of aromatic nitrogens is 1. The van der Waals surface area contributed by atoms with E-state index in [0.29, 0.717) is 18.5 Å². The summed E-state index contributed by atoms with van der Waals surface area (Å²) in [4.78, 5) is 18.4. The fourth-order valence-corrected chi connectivity index (χ4v) is 3.15. The number of amides is 1. The lowest BCUT2D eigenvalue weighted by Gasteiger charge is -2.36. The number of nitrogens with zero attached hydrogens (tertiary/aromatic N) is 2. The predicted molar refractivity (Wildman–Crippen MR) is 92.2 cm³/mol. The van der Waals surface area contributed by atoms with Crippen LogP contribution in [-0.4, -0.2) is 46.1 Å². The van der Waals surface area contributed by atoms with Gasteiger partial charge in [0.1, 0.15) is 5.82 Å². The van der Waals surface area contributed by atoms with Gasteiger partial charge in [0.25, 0.3) is 0 Å². The molecule has 0 aliphatic carbocycles. The largest absolute Gasteiger partial charge is 0.390 e. The third-order valence-electron chi connectivity index (χ3n) is 4.40. The van der Waals surface area contributed by atoms with Crippen LogP contribution in [0, 0.1) is 5.82 Å². The quantitative estimate of drug-likeness (QED) is 0.864. The van der Waals surface area contributed by atoms with E-state index in [1.165, 1.54) is 12.1 Å². The Hall–Kier alpha value is -2.31. The summed E-state index contributed by atoms with van der Waals surface area (Å²) in [5.41, 5.74) is 1.73. The monoisotopic (exact) mass is 343 g/mol. The number of aliphatic hydroxyl groups excluding tert-OH is 1. The molecular formula is C19H22FN3O2. The molecule has 1 fully saturated rings. The summed E-state index contributed by atoms with van der Waals surface area (Å²) in [6.07, 6.45) is 3.72. The average molecular weight is 343 g/mol. The molecule has 1 aromatic heterocycles. The molecule has 6 heteroatoms. The maximum atomic E-state index is 13.2. The number of carbonyl (C=O) groups is 1. The minimum atomic E-state index is -0.623. The Balaban J connectivity index is 1.49. The van der Waals surface area contributed by atoms with Crippen molar-refractivity contribution in [2.75, 3.05) is 13.1 Å². The second-order valence-electron chi connectivity index (χ2n) is 6.43. The van der Waals surface area contributed by atoms with Crippen molar-refractivity contribution in [3.05, 3.63) is 65.7 Å². The highest BCUT2D eigenvalue weighted by atomic mass is 19.1. The van der Waals surface area contributed by atoms with Crippen LogP contribution in [0.2, 0.25) is 0 Å². The zero-order valence-electron chi connectivity index (χ0n) is 13.9. The zero-order valence-corrected chi connectivity index (χ0v) is 13.9. The third-order valence-corrected chi connectivity index (χ3v) is 4.40. The van der Waals surface area contributed by atoms with Crippen LogP contribution in [0.25, 0.3) is 0 Å². The second-order valence-corrected chi connectivity index (χ2v) is 6.43. The number of benzene rings is 1. The van der Waals surface area contributed by atoms with E-state index < -0.39 is 6.10 Å². The first-order valence-electron chi connectivity index (χ1n) is 8.43. The number of hydrogen-bond acceptors (Lipinski definition) is 4. The van der Waals surface area contributed by atoms with Crippen molar-refractivity contribution < 1.29 is 14.3 Å². The highest BCUT2D eigenvalue weighted by molar-refractivity contribution is 5.78. The molecule has 5 nitrogen and oxygen atoms in total. The van der Waals surface area contributed by atoms with Crippen LogP contribution in [0.1, 0.15) is 17.5 Å². The van der Waals surface area contributed by atoms with Crippen LogP contribution in [0.5, 0.6) is 0 Å². The minimum absolute atomic E-state index is 0.111. The second kappa shape index (κ2) is 8.18. The van der Waals surface area contributed by atoms with Crippen molar-refractivity contribution in [1.82, 2.24) is 15.2 Å². The van der Waals surface area contributed by atoms with Gasteiger partial charge in [-0.15, -0.1) is 0 Å². The van der Waals surface area contributed by atoms with Crippen LogP contribution < -0.4 is 5.32 Å². The lowest BCUT2D eigenvalue weighted by Crippen LogP contribution is -2.54. The van der Waals surface area contributed by atoms with Gasteiger partial charge in [-0.25, -0.2) is 4.39 Å². The molecular weight excluding hydrogens is 321 g/mol. The molecule has 0 bridgehead atoms. The van der Waals surface area contributed by atoms with E-state index in [1.54, 1.807) is 18.3 Å². The lowest BCUT2D eigenvalue weighted by molar-refractivity contribution is -0.122. The highest BCUT2D eigenvalue weighted by Gasteiger charge is 2.28. The summed E-state index contributed by atoms with van der Waals surface area (Å²) in [6, 6.07) is 9.64. The number of halogens is 1. The Labute approximate surface area is 146 Å². The minimum Gasteiger partial charge on any atom is -0.390 e. The van der Waals surface area contributed by atoms with E-state index in [-0.39, 0.29) is 24.2 Å². The summed E-state index contributed by atoms with van der Waals surface area (Å²) in [5, 5.41) is 13.2. The Bertz CT molecular complexity index is 711. The number of carbonyl (C=O) groups excluding carboxylic acids is 1. The number of likely N-dealkylation sites (tertiary alicyclic amines) is 1. The molecule has 0 radical (unpaired) electrons. The molecule has 2 N–H and O–H groups in total. The molecule has 0 spiro atoms. The van der Waals surface area contributed by atoms with E-state index in [9.17, 15) is 14.3 Å². The van der Waals surface area contributed by atoms with Gasteiger partial charge in [-0.3, -0.25) is 14.7 Å². The van der Waals surface area contributed by atoms with Crippen LogP contribution >= 0.6 is 0 Å². The van der Waals surface area contributed by atoms with Crippen LogP contribution in [-0.2, 0) is 17.8 Å². The Morgan fingerprint density at radius 3 is 2.88 bits per heavy atom. The third kappa shape index (κ3) is 5.08. The number of aliphatic hydroxyl groups is 1. The Morgan fingerprint density at radius 2 is 2.16 bits per heavy atom. The first-order chi connectivity index (χ1) is 12.1. The normalized spacial score (nSPS) is 21.0. The Morgan fingerprint density at radius 1 is 1.32 bits per heavy atom. The van der Waals surface area contributed by atoms with Gasteiger partial charge in [0.15, 0.2) is 0 Å². The van der Waals surface area contributed by atoms with Crippen molar-refractivity contribution in [2.45, 2.75) is 31.5 Å².